The zero-order chi connectivity index (χ0) is 10.9. The van der Waals surface area contributed by atoms with Crippen LogP contribution in [0.25, 0.3) is 0 Å². The van der Waals surface area contributed by atoms with Crippen LogP contribution in [0.1, 0.15) is 25.6 Å². The van der Waals surface area contributed by atoms with Crippen molar-refractivity contribution in [1.29, 1.82) is 0 Å². The lowest BCUT2D eigenvalue weighted by atomic mass is 9.93. The second-order valence-electron chi connectivity index (χ2n) is 4.76. The van der Waals surface area contributed by atoms with E-state index in [1.165, 1.54) is 6.07 Å². The molecule has 0 radical (unpaired) electrons. The van der Waals surface area contributed by atoms with Crippen molar-refractivity contribution in [3.8, 4) is 0 Å². The van der Waals surface area contributed by atoms with Gasteiger partial charge in [-0.2, -0.15) is 0 Å². The van der Waals surface area contributed by atoms with Crippen molar-refractivity contribution in [1.82, 2.24) is 5.32 Å². The monoisotopic (exact) mass is 245 g/mol. The highest BCUT2D eigenvalue weighted by atomic mass is 35.5. The quantitative estimate of drug-likeness (QED) is 0.822. The van der Waals surface area contributed by atoms with Gasteiger partial charge in [-0.3, -0.25) is 5.32 Å². The smallest absolute Gasteiger partial charge is 0.137 e. The molecule has 0 saturated carbocycles. The predicted octanol–water partition coefficient (Wildman–Crippen LogP) is 2.89. The Morgan fingerprint density at radius 2 is 2.06 bits per heavy atom. The molecular formula is C12H17ClFNO. The maximum atomic E-state index is 13.4. The van der Waals surface area contributed by atoms with Crippen LogP contribution in [0, 0.1) is 11.2 Å². The van der Waals surface area contributed by atoms with E-state index >= 15 is 0 Å². The fraction of sp³-hybridized carbons (Fsp3) is 0.500. The van der Waals surface area contributed by atoms with E-state index in [1.807, 2.05) is 6.07 Å². The van der Waals surface area contributed by atoms with Gasteiger partial charge in [0.2, 0.25) is 0 Å². The lowest BCUT2D eigenvalue weighted by Crippen LogP contribution is -2.43. The Morgan fingerprint density at radius 3 is 2.62 bits per heavy atom. The summed E-state index contributed by atoms with van der Waals surface area (Å²) in [5.74, 6) is -0.213. The number of halogens is 2. The average Bonchev–Trinajstić information content (AvgIpc) is 2.19. The van der Waals surface area contributed by atoms with Crippen LogP contribution in [-0.4, -0.2) is 13.2 Å². The first kappa shape index (κ1) is 13.4. The van der Waals surface area contributed by atoms with Gasteiger partial charge in [0.15, 0.2) is 0 Å². The number of benzene rings is 1. The lowest BCUT2D eigenvalue weighted by molar-refractivity contribution is -0.0609. The minimum atomic E-state index is -0.306. The summed E-state index contributed by atoms with van der Waals surface area (Å²) < 4.78 is 19.1. The van der Waals surface area contributed by atoms with Crippen molar-refractivity contribution in [2.45, 2.75) is 20.1 Å². The van der Waals surface area contributed by atoms with Gasteiger partial charge in [-0.05, 0) is 6.07 Å². The molecule has 2 nitrogen and oxygen atoms in total. The first-order chi connectivity index (χ1) is 7.08. The van der Waals surface area contributed by atoms with Crippen molar-refractivity contribution in [3.05, 3.63) is 35.6 Å². The van der Waals surface area contributed by atoms with Crippen LogP contribution in [0.2, 0.25) is 0 Å². The third-order valence-corrected chi connectivity index (χ3v) is 2.59. The van der Waals surface area contributed by atoms with Crippen molar-refractivity contribution < 1.29 is 9.13 Å². The molecule has 90 valence electrons. The summed E-state index contributed by atoms with van der Waals surface area (Å²) in [7, 11) is 0. The molecule has 1 N–H and O–H groups in total. The Hall–Kier alpha value is -0.640. The maximum absolute atomic E-state index is 13.4. The van der Waals surface area contributed by atoms with Crippen LogP contribution in [0.5, 0.6) is 0 Å². The maximum Gasteiger partial charge on any atom is 0.137 e. The zero-order valence-electron chi connectivity index (χ0n) is 9.50. The standard InChI is InChI=1S/C12H16FNO.ClH/c1-12(2)7-14-11(15-8-12)9-5-3-4-6-10(9)13;/h3-6,11,14H,7-8H2,1-2H3;1H. The molecule has 1 aliphatic rings. The van der Waals surface area contributed by atoms with Gasteiger partial charge in [-0.1, -0.05) is 32.0 Å². The van der Waals surface area contributed by atoms with E-state index in [4.69, 9.17) is 4.74 Å². The third-order valence-electron chi connectivity index (χ3n) is 2.59. The molecular weight excluding hydrogens is 229 g/mol. The Balaban J connectivity index is 0.00000128. The number of ether oxygens (including phenoxy) is 1. The summed E-state index contributed by atoms with van der Waals surface area (Å²) in [6.07, 6.45) is -0.306. The van der Waals surface area contributed by atoms with Gasteiger partial charge >= 0.3 is 0 Å². The van der Waals surface area contributed by atoms with E-state index in [1.54, 1.807) is 12.1 Å². The summed E-state index contributed by atoms with van der Waals surface area (Å²) in [4.78, 5) is 0. The second kappa shape index (κ2) is 5.13. The van der Waals surface area contributed by atoms with E-state index in [0.717, 1.165) is 6.54 Å². The highest BCUT2D eigenvalue weighted by Gasteiger charge is 2.28. The van der Waals surface area contributed by atoms with Gasteiger partial charge in [0.25, 0.3) is 0 Å². The van der Waals surface area contributed by atoms with Gasteiger partial charge < -0.3 is 4.74 Å². The molecule has 16 heavy (non-hydrogen) atoms. The lowest BCUT2D eigenvalue weighted by Gasteiger charge is -2.35. The molecule has 0 spiro atoms. The first-order valence-corrected chi connectivity index (χ1v) is 5.18. The zero-order valence-corrected chi connectivity index (χ0v) is 10.3. The number of nitrogens with one attached hydrogen (secondary N) is 1. The van der Waals surface area contributed by atoms with Crippen LogP contribution < -0.4 is 5.32 Å². The van der Waals surface area contributed by atoms with E-state index in [-0.39, 0.29) is 29.9 Å². The average molecular weight is 246 g/mol. The van der Waals surface area contributed by atoms with Crippen LogP contribution in [0.4, 0.5) is 4.39 Å². The van der Waals surface area contributed by atoms with Crippen molar-refractivity contribution in [2.24, 2.45) is 5.41 Å². The van der Waals surface area contributed by atoms with Crippen LogP contribution in [0.3, 0.4) is 0 Å². The fourth-order valence-electron chi connectivity index (χ4n) is 1.68. The van der Waals surface area contributed by atoms with Crippen molar-refractivity contribution >= 4 is 12.4 Å². The minimum Gasteiger partial charge on any atom is -0.358 e. The normalized spacial score (nSPS) is 23.6. The molecule has 0 aliphatic carbocycles. The Labute approximate surface area is 102 Å². The number of rotatable bonds is 1. The molecule has 0 aromatic heterocycles. The Morgan fingerprint density at radius 1 is 1.38 bits per heavy atom. The van der Waals surface area contributed by atoms with Gasteiger partial charge in [0.1, 0.15) is 12.0 Å². The van der Waals surface area contributed by atoms with Crippen molar-refractivity contribution in [2.75, 3.05) is 13.2 Å². The molecule has 1 atom stereocenters. The van der Waals surface area contributed by atoms with Crippen LogP contribution in [-0.2, 0) is 4.74 Å². The van der Waals surface area contributed by atoms with Crippen LogP contribution >= 0.6 is 12.4 Å². The molecule has 1 saturated heterocycles. The largest absolute Gasteiger partial charge is 0.358 e. The molecule has 1 fully saturated rings. The Bertz CT molecular complexity index is 347. The predicted molar refractivity (Wildman–Crippen MR) is 64.1 cm³/mol. The van der Waals surface area contributed by atoms with E-state index in [9.17, 15) is 4.39 Å². The molecule has 0 bridgehead atoms. The van der Waals surface area contributed by atoms with Crippen molar-refractivity contribution in [3.63, 3.8) is 0 Å². The summed E-state index contributed by atoms with van der Waals surface area (Å²) in [5.41, 5.74) is 0.717. The highest BCUT2D eigenvalue weighted by molar-refractivity contribution is 5.85. The van der Waals surface area contributed by atoms with Gasteiger partial charge in [0.05, 0.1) is 6.61 Å². The minimum absolute atomic E-state index is 0. The SMILES string of the molecule is CC1(C)CNC(c2ccccc2F)OC1.Cl. The molecule has 1 unspecified atom stereocenters. The fourth-order valence-corrected chi connectivity index (χ4v) is 1.68. The van der Waals surface area contributed by atoms with Gasteiger partial charge in [-0.25, -0.2) is 4.39 Å². The van der Waals surface area contributed by atoms with E-state index < -0.39 is 0 Å². The van der Waals surface area contributed by atoms with E-state index in [0.29, 0.717) is 12.2 Å². The van der Waals surface area contributed by atoms with Gasteiger partial charge in [-0.15, -0.1) is 12.4 Å². The van der Waals surface area contributed by atoms with Crippen LogP contribution in [0.15, 0.2) is 24.3 Å². The molecule has 1 heterocycles. The van der Waals surface area contributed by atoms with Gasteiger partial charge in [0, 0.05) is 17.5 Å². The molecule has 0 amide bonds. The molecule has 1 aliphatic heterocycles. The summed E-state index contributed by atoms with van der Waals surface area (Å²) in [6, 6.07) is 6.72. The Kier molecular flexibility index (Phi) is 4.30. The first-order valence-electron chi connectivity index (χ1n) is 5.18. The highest BCUT2D eigenvalue weighted by Crippen LogP contribution is 2.27. The molecule has 4 heteroatoms. The molecule has 2 rings (SSSR count). The molecule has 1 aromatic rings. The summed E-state index contributed by atoms with van der Waals surface area (Å²) in [5, 5.41) is 3.20. The summed E-state index contributed by atoms with van der Waals surface area (Å²) in [6.45, 7) is 5.74. The summed E-state index contributed by atoms with van der Waals surface area (Å²) >= 11 is 0. The third kappa shape index (κ3) is 2.94. The second-order valence-corrected chi connectivity index (χ2v) is 4.76. The number of hydrogen-bond acceptors (Lipinski definition) is 2. The molecule has 1 aromatic carbocycles. The van der Waals surface area contributed by atoms with E-state index in [2.05, 4.69) is 19.2 Å². The topological polar surface area (TPSA) is 21.3 Å². The number of hydrogen-bond donors (Lipinski definition) is 1.